The zero-order chi connectivity index (χ0) is 15.5. The van der Waals surface area contributed by atoms with Crippen molar-refractivity contribution in [2.75, 3.05) is 5.32 Å². The highest BCUT2D eigenvalue weighted by Gasteiger charge is 2.07. The topological polar surface area (TPSA) is 78.9 Å². The lowest BCUT2D eigenvalue weighted by Crippen LogP contribution is -2.14. The van der Waals surface area contributed by atoms with E-state index >= 15 is 0 Å². The molecule has 1 heterocycles. The second kappa shape index (κ2) is 5.70. The Morgan fingerprint density at radius 2 is 2.05 bits per heavy atom. The molecule has 5 nitrogen and oxygen atoms in total. The number of rotatable bonds is 3. The van der Waals surface area contributed by atoms with E-state index in [1.54, 1.807) is 31.2 Å². The van der Waals surface area contributed by atoms with Crippen molar-refractivity contribution in [3.05, 3.63) is 59.5 Å². The quantitative estimate of drug-likeness (QED) is 0.803. The third-order valence-electron chi connectivity index (χ3n) is 3.22. The Balaban J connectivity index is 1.70. The predicted molar refractivity (Wildman–Crippen MR) is 82.2 cm³/mol. The van der Waals surface area contributed by atoms with Gasteiger partial charge in [0.05, 0.1) is 18.1 Å². The van der Waals surface area contributed by atoms with Gasteiger partial charge in [-0.2, -0.15) is 5.26 Å². The molecule has 0 radical (unpaired) electrons. The van der Waals surface area contributed by atoms with E-state index in [9.17, 15) is 4.79 Å². The molecule has 22 heavy (non-hydrogen) atoms. The van der Waals surface area contributed by atoms with Crippen molar-refractivity contribution in [3.8, 4) is 6.07 Å². The molecule has 0 aliphatic rings. The minimum absolute atomic E-state index is 0.121. The minimum Gasteiger partial charge on any atom is -0.441 e. The largest absolute Gasteiger partial charge is 0.441 e. The van der Waals surface area contributed by atoms with E-state index in [4.69, 9.17) is 9.68 Å². The summed E-state index contributed by atoms with van der Waals surface area (Å²) in [6.07, 6.45) is 0.252. The average Bonchev–Trinajstić information content (AvgIpc) is 2.87. The molecule has 0 aliphatic carbocycles. The fourth-order valence-corrected chi connectivity index (χ4v) is 2.22. The molecule has 0 unspecified atom stereocenters. The molecule has 3 rings (SSSR count). The van der Waals surface area contributed by atoms with Crippen molar-refractivity contribution in [1.82, 2.24) is 4.98 Å². The van der Waals surface area contributed by atoms with Gasteiger partial charge in [0.2, 0.25) is 5.91 Å². The number of hydrogen-bond acceptors (Lipinski definition) is 4. The second-order valence-electron chi connectivity index (χ2n) is 4.95. The summed E-state index contributed by atoms with van der Waals surface area (Å²) in [5, 5.41) is 11.5. The molecule has 0 saturated heterocycles. The maximum Gasteiger partial charge on any atom is 0.228 e. The number of carbonyl (C=O) groups excluding carboxylic acids is 1. The fourth-order valence-electron chi connectivity index (χ4n) is 2.22. The molecule has 5 heteroatoms. The second-order valence-corrected chi connectivity index (χ2v) is 4.95. The number of carbonyl (C=O) groups is 1. The summed E-state index contributed by atoms with van der Waals surface area (Å²) in [5.74, 6) is 0.485. The van der Waals surface area contributed by atoms with Gasteiger partial charge in [-0.1, -0.05) is 6.07 Å². The number of nitriles is 1. The van der Waals surface area contributed by atoms with Crippen molar-refractivity contribution in [2.24, 2.45) is 0 Å². The van der Waals surface area contributed by atoms with Crippen molar-refractivity contribution >= 4 is 22.7 Å². The number of oxazole rings is 1. The molecule has 0 aliphatic heterocycles. The summed E-state index contributed by atoms with van der Waals surface area (Å²) < 4.78 is 5.41. The predicted octanol–water partition coefficient (Wildman–Crippen LogP) is 3.19. The van der Waals surface area contributed by atoms with E-state index in [-0.39, 0.29) is 12.3 Å². The average molecular weight is 291 g/mol. The standard InChI is InChI=1S/C17H13N3O2/c1-11-19-15-8-13(4-7-16(15)22-11)9-17(21)20-14-5-2-12(10-18)3-6-14/h2-8H,9H2,1H3,(H,20,21). The van der Waals surface area contributed by atoms with Crippen molar-refractivity contribution in [1.29, 1.82) is 5.26 Å². The zero-order valence-corrected chi connectivity index (χ0v) is 12.0. The van der Waals surface area contributed by atoms with Crippen LogP contribution in [0.2, 0.25) is 0 Å². The van der Waals surface area contributed by atoms with Crippen molar-refractivity contribution < 1.29 is 9.21 Å². The lowest BCUT2D eigenvalue weighted by atomic mass is 10.1. The molecule has 3 aromatic rings. The molecule has 0 saturated carbocycles. The fraction of sp³-hybridized carbons (Fsp3) is 0.118. The minimum atomic E-state index is -0.121. The highest BCUT2D eigenvalue weighted by atomic mass is 16.3. The Labute approximate surface area is 127 Å². The molecular weight excluding hydrogens is 278 g/mol. The van der Waals surface area contributed by atoms with E-state index in [2.05, 4.69) is 10.3 Å². The van der Waals surface area contributed by atoms with Crippen LogP contribution >= 0.6 is 0 Å². The summed E-state index contributed by atoms with van der Waals surface area (Å²) >= 11 is 0. The van der Waals surface area contributed by atoms with E-state index in [0.717, 1.165) is 11.1 Å². The van der Waals surface area contributed by atoms with Crippen LogP contribution in [0.15, 0.2) is 46.9 Å². The molecule has 0 bridgehead atoms. The smallest absolute Gasteiger partial charge is 0.228 e. The van der Waals surface area contributed by atoms with Crippen molar-refractivity contribution in [3.63, 3.8) is 0 Å². The van der Waals surface area contributed by atoms with Crippen LogP contribution in [-0.2, 0) is 11.2 Å². The first-order valence-electron chi connectivity index (χ1n) is 6.80. The lowest BCUT2D eigenvalue weighted by Gasteiger charge is -2.05. The van der Waals surface area contributed by atoms with Gasteiger partial charge in [-0.3, -0.25) is 4.79 Å². The van der Waals surface area contributed by atoms with Gasteiger partial charge in [0, 0.05) is 12.6 Å². The molecular formula is C17H13N3O2. The van der Waals surface area contributed by atoms with Gasteiger partial charge in [0.1, 0.15) is 5.52 Å². The molecule has 1 amide bonds. The maximum absolute atomic E-state index is 12.1. The van der Waals surface area contributed by atoms with Gasteiger partial charge in [0.25, 0.3) is 0 Å². The number of aromatic nitrogens is 1. The van der Waals surface area contributed by atoms with Crippen LogP contribution in [-0.4, -0.2) is 10.9 Å². The highest BCUT2D eigenvalue weighted by molar-refractivity contribution is 5.92. The first kappa shape index (κ1) is 13.8. The Kier molecular flexibility index (Phi) is 3.58. The van der Waals surface area contributed by atoms with Crippen LogP contribution in [0.5, 0.6) is 0 Å². The Hall–Kier alpha value is -3.13. The SMILES string of the molecule is Cc1nc2cc(CC(=O)Nc3ccc(C#N)cc3)ccc2o1. The van der Waals surface area contributed by atoms with Gasteiger partial charge >= 0.3 is 0 Å². The molecule has 0 atom stereocenters. The van der Waals surface area contributed by atoms with Crippen LogP contribution in [0.3, 0.4) is 0 Å². The van der Waals surface area contributed by atoms with Gasteiger partial charge in [-0.05, 0) is 42.0 Å². The van der Waals surface area contributed by atoms with E-state index in [1.165, 1.54) is 0 Å². The number of fused-ring (bicyclic) bond motifs is 1. The Bertz CT molecular complexity index is 873. The third-order valence-corrected chi connectivity index (χ3v) is 3.22. The molecule has 1 N–H and O–H groups in total. The Morgan fingerprint density at radius 1 is 1.27 bits per heavy atom. The van der Waals surface area contributed by atoms with Crippen LogP contribution in [0, 0.1) is 18.3 Å². The third kappa shape index (κ3) is 2.96. The molecule has 108 valence electrons. The van der Waals surface area contributed by atoms with Gasteiger partial charge in [-0.15, -0.1) is 0 Å². The number of benzene rings is 2. The summed E-state index contributed by atoms with van der Waals surface area (Å²) in [6, 6.07) is 14.3. The van der Waals surface area contributed by atoms with Crippen LogP contribution in [0.25, 0.3) is 11.1 Å². The summed E-state index contributed by atoms with van der Waals surface area (Å²) in [4.78, 5) is 16.3. The summed E-state index contributed by atoms with van der Waals surface area (Å²) in [7, 11) is 0. The Morgan fingerprint density at radius 3 is 2.77 bits per heavy atom. The van der Waals surface area contributed by atoms with E-state index in [0.29, 0.717) is 22.7 Å². The van der Waals surface area contributed by atoms with Crippen LogP contribution in [0.4, 0.5) is 5.69 Å². The highest BCUT2D eigenvalue weighted by Crippen LogP contribution is 2.17. The first-order chi connectivity index (χ1) is 10.6. The number of anilines is 1. The lowest BCUT2D eigenvalue weighted by molar-refractivity contribution is -0.115. The molecule has 1 aromatic heterocycles. The van der Waals surface area contributed by atoms with Crippen LogP contribution in [0.1, 0.15) is 17.0 Å². The van der Waals surface area contributed by atoms with Gasteiger partial charge in [0.15, 0.2) is 11.5 Å². The molecule has 2 aromatic carbocycles. The number of nitrogens with one attached hydrogen (secondary N) is 1. The van der Waals surface area contributed by atoms with Crippen LogP contribution < -0.4 is 5.32 Å². The van der Waals surface area contributed by atoms with Gasteiger partial charge in [-0.25, -0.2) is 4.98 Å². The van der Waals surface area contributed by atoms with Crippen molar-refractivity contribution in [2.45, 2.75) is 13.3 Å². The number of amides is 1. The first-order valence-corrected chi connectivity index (χ1v) is 6.80. The normalized spacial score (nSPS) is 10.4. The monoisotopic (exact) mass is 291 g/mol. The van der Waals surface area contributed by atoms with Gasteiger partial charge < -0.3 is 9.73 Å². The summed E-state index contributed by atoms with van der Waals surface area (Å²) in [6.45, 7) is 1.79. The summed E-state index contributed by atoms with van der Waals surface area (Å²) in [5.41, 5.74) is 3.56. The zero-order valence-electron chi connectivity index (χ0n) is 12.0. The molecule has 0 spiro atoms. The number of aryl methyl sites for hydroxylation is 1. The maximum atomic E-state index is 12.1. The number of hydrogen-bond donors (Lipinski definition) is 1. The van der Waals surface area contributed by atoms with E-state index in [1.807, 2.05) is 24.3 Å². The molecule has 0 fully saturated rings. The van der Waals surface area contributed by atoms with E-state index < -0.39 is 0 Å². The number of nitrogens with zero attached hydrogens (tertiary/aromatic N) is 2.